The summed E-state index contributed by atoms with van der Waals surface area (Å²) in [6.45, 7) is 6.47. The molecule has 2 aliphatic rings. The van der Waals surface area contributed by atoms with Crippen molar-refractivity contribution in [1.82, 2.24) is 25.2 Å². The average molecular weight is 404 g/mol. The zero-order chi connectivity index (χ0) is 19.6. The zero-order valence-electron chi connectivity index (χ0n) is 16.7. The molecule has 7 nitrogen and oxygen atoms in total. The Hall–Kier alpha value is -1.77. The number of carbonyl (C=O) groups is 1. The van der Waals surface area contributed by atoms with Gasteiger partial charge in [-0.2, -0.15) is 0 Å². The quantitative estimate of drug-likeness (QED) is 0.720. The van der Waals surface area contributed by atoms with Crippen LogP contribution in [0.15, 0.2) is 18.3 Å². The van der Waals surface area contributed by atoms with Gasteiger partial charge in [-0.1, -0.05) is 5.21 Å². The van der Waals surface area contributed by atoms with Crippen LogP contribution in [-0.4, -0.2) is 59.2 Å². The molecule has 1 saturated heterocycles. The Morgan fingerprint density at radius 2 is 2.18 bits per heavy atom. The highest BCUT2D eigenvalue weighted by atomic mass is 32.1. The number of likely N-dealkylation sites (tertiary alicyclic amines) is 1. The zero-order valence-corrected chi connectivity index (χ0v) is 17.5. The monoisotopic (exact) mass is 403 g/mol. The van der Waals surface area contributed by atoms with Gasteiger partial charge in [0.25, 0.3) is 5.91 Å². The van der Waals surface area contributed by atoms with Crippen molar-refractivity contribution in [2.45, 2.75) is 45.2 Å². The standard InChI is InChI=1S/C20H29N5O2S/c1-15-3-4-16(28-15)13-24-10-7-20(8-11-24)6-5-18(20)25-14-17(22-23-25)19(26)21-9-12-27-2/h3-4,14,18H,5-13H2,1-2H3,(H,21,26). The van der Waals surface area contributed by atoms with Crippen molar-refractivity contribution in [1.29, 1.82) is 0 Å². The number of hydrogen-bond donors (Lipinski definition) is 1. The van der Waals surface area contributed by atoms with Crippen molar-refractivity contribution < 1.29 is 9.53 Å². The van der Waals surface area contributed by atoms with E-state index in [0.717, 1.165) is 26.1 Å². The first-order chi connectivity index (χ1) is 13.6. The smallest absolute Gasteiger partial charge is 0.273 e. The summed E-state index contributed by atoms with van der Waals surface area (Å²) in [7, 11) is 1.62. The van der Waals surface area contributed by atoms with E-state index in [4.69, 9.17) is 4.74 Å². The minimum atomic E-state index is -0.183. The fourth-order valence-electron chi connectivity index (χ4n) is 4.52. The lowest BCUT2D eigenvalue weighted by Crippen LogP contribution is -2.49. The Kier molecular flexibility index (Phi) is 5.80. The number of aryl methyl sites for hydroxylation is 1. The third-order valence-electron chi connectivity index (χ3n) is 6.30. The molecule has 28 heavy (non-hydrogen) atoms. The molecule has 0 bridgehead atoms. The number of aromatic nitrogens is 3. The minimum absolute atomic E-state index is 0.183. The van der Waals surface area contributed by atoms with Crippen LogP contribution in [-0.2, 0) is 11.3 Å². The fraction of sp³-hybridized carbons (Fsp3) is 0.650. The van der Waals surface area contributed by atoms with Gasteiger partial charge in [0, 0.05) is 30.0 Å². The van der Waals surface area contributed by atoms with E-state index >= 15 is 0 Å². The third kappa shape index (κ3) is 3.99. The molecule has 1 spiro atoms. The maximum absolute atomic E-state index is 12.2. The van der Waals surface area contributed by atoms with Gasteiger partial charge in [-0.3, -0.25) is 9.69 Å². The second-order valence-electron chi connectivity index (χ2n) is 8.04. The summed E-state index contributed by atoms with van der Waals surface area (Å²) in [5, 5.41) is 11.2. The van der Waals surface area contributed by atoms with Gasteiger partial charge in [0.05, 0.1) is 18.8 Å². The molecule has 152 valence electrons. The summed E-state index contributed by atoms with van der Waals surface area (Å²) in [6, 6.07) is 4.83. The van der Waals surface area contributed by atoms with Crippen LogP contribution in [0.4, 0.5) is 0 Å². The van der Waals surface area contributed by atoms with Gasteiger partial charge in [0.15, 0.2) is 5.69 Å². The number of thiophene rings is 1. The fourth-order valence-corrected chi connectivity index (χ4v) is 5.45. The molecule has 1 N–H and O–H groups in total. The van der Waals surface area contributed by atoms with Crippen LogP contribution in [0.1, 0.15) is 52.0 Å². The Labute approximate surface area is 170 Å². The maximum atomic E-state index is 12.2. The normalized spacial score (nSPS) is 21.6. The molecule has 8 heteroatoms. The molecule has 1 unspecified atom stereocenters. The lowest BCUT2D eigenvalue weighted by atomic mass is 9.59. The van der Waals surface area contributed by atoms with Crippen LogP contribution in [0.2, 0.25) is 0 Å². The maximum Gasteiger partial charge on any atom is 0.273 e. The van der Waals surface area contributed by atoms with Crippen LogP contribution in [0.25, 0.3) is 0 Å². The number of nitrogens with one attached hydrogen (secondary N) is 1. The molecule has 0 radical (unpaired) electrons. The number of hydrogen-bond acceptors (Lipinski definition) is 6. The van der Waals surface area contributed by atoms with Crippen LogP contribution >= 0.6 is 11.3 Å². The first-order valence-corrected chi connectivity index (χ1v) is 10.9. The van der Waals surface area contributed by atoms with Gasteiger partial charge >= 0.3 is 0 Å². The molecule has 0 aromatic carbocycles. The number of methoxy groups -OCH3 is 1. The average Bonchev–Trinajstić information content (AvgIpc) is 3.31. The molecule has 1 saturated carbocycles. The number of rotatable bonds is 7. The number of amides is 1. The highest BCUT2D eigenvalue weighted by Gasteiger charge is 2.49. The Morgan fingerprint density at radius 3 is 2.82 bits per heavy atom. The third-order valence-corrected chi connectivity index (χ3v) is 7.29. The number of ether oxygens (including phenoxy) is 1. The molecule has 3 heterocycles. The van der Waals surface area contributed by atoms with Crippen molar-refractivity contribution in [2.75, 3.05) is 33.4 Å². The second-order valence-corrected chi connectivity index (χ2v) is 9.41. The van der Waals surface area contributed by atoms with E-state index < -0.39 is 0 Å². The molecule has 1 atom stereocenters. The van der Waals surface area contributed by atoms with Crippen molar-refractivity contribution >= 4 is 17.2 Å². The van der Waals surface area contributed by atoms with Gasteiger partial charge in [-0.15, -0.1) is 16.4 Å². The molecule has 2 aromatic heterocycles. The summed E-state index contributed by atoms with van der Waals surface area (Å²) < 4.78 is 6.90. The van der Waals surface area contributed by atoms with E-state index in [-0.39, 0.29) is 5.91 Å². The lowest BCUT2D eigenvalue weighted by molar-refractivity contribution is -0.0332. The Bertz CT molecular complexity index is 809. The van der Waals surface area contributed by atoms with Gasteiger partial charge < -0.3 is 10.1 Å². The predicted molar refractivity (Wildman–Crippen MR) is 109 cm³/mol. The van der Waals surface area contributed by atoms with Gasteiger partial charge in [0.1, 0.15) is 0 Å². The van der Waals surface area contributed by atoms with Crippen molar-refractivity contribution in [3.8, 4) is 0 Å². The largest absolute Gasteiger partial charge is 0.383 e. The topological polar surface area (TPSA) is 72.3 Å². The SMILES string of the molecule is COCCNC(=O)c1cn(C2CCC23CCN(Cc2ccc(C)s2)CC3)nn1. The highest BCUT2D eigenvalue weighted by Crippen LogP contribution is 2.56. The van der Waals surface area contributed by atoms with Gasteiger partial charge in [-0.25, -0.2) is 4.68 Å². The molecule has 2 fully saturated rings. The highest BCUT2D eigenvalue weighted by molar-refractivity contribution is 7.11. The van der Waals surface area contributed by atoms with E-state index in [2.05, 4.69) is 39.6 Å². The summed E-state index contributed by atoms with van der Waals surface area (Å²) in [5.41, 5.74) is 0.711. The second kappa shape index (κ2) is 8.31. The van der Waals surface area contributed by atoms with E-state index in [1.54, 1.807) is 7.11 Å². The van der Waals surface area contributed by atoms with Crippen molar-refractivity contribution in [3.05, 3.63) is 33.8 Å². The van der Waals surface area contributed by atoms with E-state index in [9.17, 15) is 4.79 Å². The number of piperidine rings is 1. The van der Waals surface area contributed by atoms with E-state index in [1.807, 2.05) is 22.2 Å². The Balaban J connectivity index is 1.33. The van der Waals surface area contributed by atoms with Gasteiger partial charge in [0.2, 0.25) is 0 Å². The van der Waals surface area contributed by atoms with Crippen molar-refractivity contribution in [2.24, 2.45) is 5.41 Å². The van der Waals surface area contributed by atoms with Crippen LogP contribution in [0, 0.1) is 12.3 Å². The molecule has 1 aliphatic carbocycles. The lowest BCUT2D eigenvalue weighted by Gasteiger charge is -2.53. The van der Waals surface area contributed by atoms with Gasteiger partial charge in [-0.05, 0) is 63.2 Å². The summed E-state index contributed by atoms with van der Waals surface area (Å²) in [6.07, 6.45) is 6.57. The van der Waals surface area contributed by atoms with E-state index in [0.29, 0.717) is 30.3 Å². The molecule has 2 aromatic rings. The van der Waals surface area contributed by atoms with Crippen molar-refractivity contribution in [3.63, 3.8) is 0 Å². The van der Waals surface area contributed by atoms with Crippen LogP contribution in [0.3, 0.4) is 0 Å². The molecular weight excluding hydrogens is 374 g/mol. The first-order valence-electron chi connectivity index (χ1n) is 10.1. The first kappa shape index (κ1) is 19.5. The Morgan fingerprint density at radius 1 is 1.36 bits per heavy atom. The number of carbonyl (C=O) groups excluding carboxylic acids is 1. The minimum Gasteiger partial charge on any atom is -0.383 e. The molecule has 1 amide bonds. The molecule has 1 aliphatic heterocycles. The van der Waals surface area contributed by atoms with E-state index in [1.165, 1.54) is 29.0 Å². The predicted octanol–water partition coefficient (Wildman–Crippen LogP) is 2.64. The summed E-state index contributed by atoms with van der Waals surface area (Å²) >= 11 is 1.90. The van der Waals surface area contributed by atoms with Crippen LogP contribution in [0.5, 0.6) is 0 Å². The molecular formula is C20H29N5O2S. The summed E-state index contributed by atoms with van der Waals surface area (Å²) in [4.78, 5) is 17.6. The number of nitrogens with zero attached hydrogens (tertiary/aromatic N) is 4. The van der Waals surface area contributed by atoms with Crippen LogP contribution < -0.4 is 5.32 Å². The molecule has 4 rings (SSSR count). The summed E-state index contributed by atoms with van der Waals surface area (Å²) in [5.74, 6) is -0.183.